The molecule has 4 rings (SSSR count). The van der Waals surface area contributed by atoms with Crippen molar-refractivity contribution in [3.8, 4) is 0 Å². The van der Waals surface area contributed by atoms with Crippen LogP contribution in [0.1, 0.15) is 24.1 Å². The maximum absolute atomic E-state index is 12.5. The Morgan fingerprint density at radius 3 is 2.77 bits per heavy atom. The number of nitrogens with zero attached hydrogens (tertiary/aromatic N) is 3. The lowest BCUT2D eigenvalue weighted by Gasteiger charge is -2.19. The lowest BCUT2D eigenvalue weighted by atomic mass is 10.1. The average molecular weight is 368 g/mol. The standard InChI is InChI=1S/C19H18ClN5O/c20-15-5-3-4-14(12-15)19(8-9-19)24-18(26)23-17-7-11-22-25(17)13-16-6-1-2-10-21-16/h1-7,10-12H,8-9,13H2,(H2,23,24,26). The first-order valence-electron chi connectivity index (χ1n) is 8.42. The number of halogens is 1. The molecule has 0 bridgehead atoms. The molecule has 0 atom stereocenters. The van der Waals surface area contributed by atoms with Crippen LogP contribution in [0.25, 0.3) is 0 Å². The fraction of sp³-hybridized carbons (Fsp3) is 0.211. The van der Waals surface area contributed by atoms with Crippen LogP contribution in [0.5, 0.6) is 0 Å². The smallest absolute Gasteiger partial charge is 0.321 e. The van der Waals surface area contributed by atoms with Crippen molar-refractivity contribution in [1.29, 1.82) is 0 Å². The number of rotatable bonds is 5. The molecule has 2 amide bonds. The van der Waals surface area contributed by atoms with Crippen LogP contribution in [0.4, 0.5) is 10.6 Å². The number of hydrogen-bond donors (Lipinski definition) is 2. The zero-order valence-corrected chi connectivity index (χ0v) is 14.8. The highest BCUT2D eigenvalue weighted by atomic mass is 35.5. The van der Waals surface area contributed by atoms with Gasteiger partial charge in [0.25, 0.3) is 0 Å². The van der Waals surface area contributed by atoms with Gasteiger partial charge in [-0.25, -0.2) is 9.48 Å². The van der Waals surface area contributed by atoms with Gasteiger partial charge in [-0.05, 0) is 42.7 Å². The second-order valence-corrected chi connectivity index (χ2v) is 6.80. The highest BCUT2D eigenvalue weighted by Crippen LogP contribution is 2.46. The summed E-state index contributed by atoms with van der Waals surface area (Å²) in [4.78, 5) is 16.8. The van der Waals surface area contributed by atoms with E-state index >= 15 is 0 Å². The maximum atomic E-state index is 12.5. The Labute approximate surface area is 156 Å². The Hall–Kier alpha value is -2.86. The van der Waals surface area contributed by atoms with Gasteiger partial charge in [0.1, 0.15) is 5.82 Å². The van der Waals surface area contributed by atoms with E-state index in [0.717, 1.165) is 24.1 Å². The number of carbonyl (C=O) groups is 1. The van der Waals surface area contributed by atoms with Gasteiger partial charge in [0.15, 0.2) is 0 Å². The third-order valence-corrected chi connectivity index (χ3v) is 4.71. The van der Waals surface area contributed by atoms with Crippen LogP contribution >= 0.6 is 11.6 Å². The predicted octanol–water partition coefficient (Wildman–Crippen LogP) is 3.79. The van der Waals surface area contributed by atoms with Crippen molar-refractivity contribution in [2.45, 2.75) is 24.9 Å². The van der Waals surface area contributed by atoms with E-state index in [-0.39, 0.29) is 11.6 Å². The lowest BCUT2D eigenvalue weighted by molar-refractivity contribution is 0.247. The molecule has 7 heteroatoms. The van der Waals surface area contributed by atoms with E-state index in [0.29, 0.717) is 17.4 Å². The van der Waals surface area contributed by atoms with Gasteiger partial charge >= 0.3 is 6.03 Å². The van der Waals surface area contributed by atoms with E-state index in [4.69, 9.17) is 11.6 Å². The molecule has 0 saturated heterocycles. The predicted molar refractivity (Wildman–Crippen MR) is 100 cm³/mol. The van der Waals surface area contributed by atoms with Crippen molar-refractivity contribution in [1.82, 2.24) is 20.1 Å². The summed E-state index contributed by atoms with van der Waals surface area (Å²) >= 11 is 6.08. The first-order valence-corrected chi connectivity index (χ1v) is 8.79. The van der Waals surface area contributed by atoms with Crippen molar-refractivity contribution in [3.63, 3.8) is 0 Å². The van der Waals surface area contributed by atoms with Crippen LogP contribution in [0.2, 0.25) is 5.02 Å². The number of benzene rings is 1. The zero-order chi connectivity index (χ0) is 18.0. The molecule has 2 N–H and O–H groups in total. The first-order chi connectivity index (χ1) is 12.6. The highest BCUT2D eigenvalue weighted by Gasteiger charge is 2.45. The lowest BCUT2D eigenvalue weighted by Crippen LogP contribution is -2.38. The van der Waals surface area contributed by atoms with Gasteiger partial charge in [0, 0.05) is 17.3 Å². The Morgan fingerprint density at radius 1 is 1.15 bits per heavy atom. The fourth-order valence-corrected chi connectivity index (χ4v) is 3.16. The fourth-order valence-electron chi connectivity index (χ4n) is 2.97. The number of anilines is 1. The molecule has 2 aromatic heterocycles. The molecule has 1 aliphatic rings. The summed E-state index contributed by atoms with van der Waals surface area (Å²) in [6.07, 6.45) is 5.19. The number of amides is 2. The molecule has 1 aliphatic carbocycles. The number of aromatic nitrogens is 3. The van der Waals surface area contributed by atoms with Crippen molar-refractivity contribution in [2.24, 2.45) is 0 Å². The Morgan fingerprint density at radius 2 is 2.04 bits per heavy atom. The minimum Gasteiger partial charge on any atom is -0.328 e. The quantitative estimate of drug-likeness (QED) is 0.720. The van der Waals surface area contributed by atoms with Crippen molar-refractivity contribution in [3.05, 3.63) is 77.2 Å². The van der Waals surface area contributed by atoms with Gasteiger partial charge in [0.2, 0.25) is 0 Å². The minimum absolute atomic E-state index is 0.259. The summed E-state index contributed by atoms with van der Waals surface area (Å²) in [6.45, 7) is 0.489. The van der Waals surface area contributed by atoms with Crippen molar-refractivity contribution in [2.75, 3.05) is 5.32 Å². The highest BCUT2D eigenvalue weighted by molar-refractivity contribution is 6.30. The van der Waals surface area contributed by atoms with Crippen LogP contribution in [0, 0.1) is 0 Å². The van der Waals surface area contributed by atoms with Crippen LogP contribution in [-0.4, -0.2) is 20.8 Å². The van der Waals surface area contributed by atoms with Gasteiger partial charge in [0.05, 0.1) is 24.0 Å². The van der Waals surface area contributed by atoms with Gasteiger partial charge < -0.3 is 5.32 Å². The summed E-state index contributed by atoms with van der Waals surface area (Å²) in [7, 11) is 0. The maximum Gasteiger partial charge on any atom is 0.321 e. The Bertz CT molecular complexity index is 920. The van der Waals surface area contributed by atoms with Crippen LogP contribution in [-0.2, 0) is 12.1 Å². The molecule has 0 unspecified atom stereocenters. The van der Waals surface area contributed by atoms with Crippen LogP contribution < -0.4 is 10.6 Å². The number of nitrogens with one attached hydrogen (secondary N) is 2. The largest absolute Gasteiger partial charge is 0.328 e. The molecule has 1 aromatic carbocycles. The summed E-state index contributed by atoms with van der Waals surface area (Å²) < 4.78 is 1.71. The van der Waals surface area contributed by atoms with E-state index < -0.39 is 0 Å². The zero-order valence-electron chi connectivity index (χ0n) is 14.0. The normalized spacial score (nSPS) is 14.7. The van der Waals surface area contributed by atoms with Crippen molar-refractivity contribution >= 4 is 23.4 Å². The van der Waals surface area contributed by atoms with E-state index in [1.165, 1.54) is 0 Å². The number of carbonyl (C=O) groups excluding carboxylic acids is 1. The molecule has 132 valence electrons. The topological polar surface area (TPSA) is 71.8 Å². The SMILES string of the molecule is O=C(Nc1ccnn1Cc1ccccn1)NC1(c2cccc(Cl)c2)CC1. The number of urea groups is 1. The molecule has 1 saturated carbocycles. The second kappa shape index (κ2) is 6.80. The van der Waals surface area contributed by atoms with E-state index in [1.54, 1.807) is 23.1 Å². The molecule has 26 heavy (non-hydrogen) atoms. The first kappa shape index (κ1) is 16.6. The molecule has 0 aliphatic heterocycles. The second-order valence-electron chi connectivity index (χ2n) is 6.37. The number of pyridine rings is 1. The summed E-state index contributed by atoms with van der Waals surface area (Å²) in [5.74, 6) is 0.620. The summed E-state index contributed by atoms with van der Waals surface area (Å²) in [5.41, 5.74) is 1.57. The third-order valence-electron chi connectivity index (χ3n) is 4.48. The van der Waals surface area contributed by atoms with Crippen LogP contribution in [0.3, 0.4) is 0 Å². The van der Waals surface area contributed by atoms with Crippen LogP contribution in [0.15, 0.2) is 60.9 Å². The Balaban J connectivity index is 1.44. The van der Waals surface area contributed by atoms with Gasteiger partial charge in [-0.2, -0.15) is 5.10 Å². The molecule has 0 radical (unpaired) electrons. The average Bonchev–Trinajstić information content (AvgIpc) is 3.30. The molecule has 6 nitrogen and oxygen atoms in total. The number of hydrogen-bond acceptors (Lipinski definition) is 3. The van der Waals surface area contributed by atoms with Gasteiger partial charge in [-0.15, -0.1) is 0 Å². The molecule has 3 aromatic rings. The van der Waals surface area contributed by atoms with E-state index in [9.17, 15) is 4.79 Å². The minimum atomic E-state index is -0.333. The molecule has 2 heterocycles. The van der Waals surface area contributed by atoms with Gasteiger partial charge in [-0.3, -0.25) is 10.3 Å². The molecule has 1 fully saturated rings. The monoisotopic (exact) mass is 367 g/mol. The Kier molecular flexibility index (Phi) is 4.34. The molecule has 0 spiro atoms. The molecular weight excluding hydrogens is 350 g/mol. The third kappa shape index (κ3) is 3.55. The van der Waals surface area contributed by atoms with Crippen molar-refractivity contribution < 1.29 is 4.79 Å². The summed E-state index contributed by atoms with van der Waals surface area (Å²) in [5, 5.41) is 10.9. The summed E-state index contributed by atoms with van der Waals surface area (Å²) in [6, 6.07) is 14.8. The molecular formula is C19H18ClN5O. The van der Waals surface area contributed by atoms with E-state index in [1.807, 2.05) is 42.5 Å². The van der Waals surface area contributed by atoms with Gasteiger partial charge in [-0.1, -0.05) is 29.8 Å². The van der Waals surface area contributed by atoms with E-state index in [2.05, 4.69) is 20.7 Å².